The van der Waals surface area contributed by atoms with Crippen molar-refractivity contribution >= 4 is 23.6 Å². The molecule has 4 aliphatic carbocycles. The van der Waals surface area contributed by atoms with Gasteiger partial charge in [0.1, 0.15) is 6.04 Å². The lowest BCUT2D eigenvalue weighted by molar-refractivity contribution is -0.138. The molecule has 2 heterocycles. The van der Waals surface area contributed by atoms with Gasteiger partial charge in [0.15, 0.2) is 0 Å². The predicted molar refractivity (Wildman–Crippen MR) is 94.3 cm³/mol. The average Bonchev–Trinajstić information content (AvgIpc) is 3.01. The molecule has 132 valence electrons. The second kappa shape index (κ2) is 5.15. The molecule has 2 atom stereocenters. The highest BCUT2D eigenvalue weighted by atomic mass is 32.2. The third kappa shape index (κ3) is 2.26. The Morgan fingerprint density at radius 2 is 1.83 bits per heavy atom. The second-order valence-electron chi connectivity index (χ2n) is 9.40. The maximum atomic E-state index is 12.9. The Bertz CT molecular complexity index is 557. The highest BCUT2D eigenvalue weighted by Crippen LogP contribution is 2.59. The summed E-state index contributed by atoms with van der Waals surface area (Å²) in [5, 5.41) is 3.29. The number of nitrogens with one attached hydrogen (secondary N) is 1. The summed E-state index contributed by atoms with van der Waals surface area (Å²) in [6, 6.07) is -0.246. The number of rotatable bonds is 3. The molecule has 0 aromatic rings. The maximum Gasteiger partial charge on any atom is 0.243 e. The summed E-state index contributed by atoms with van der Waals surface area (Å²) in [5.41, 5.74) is 0.370. The van der Waals surface area contributed by atoms with Crippen molar-refractivity contribution in [1.82, 2.24) is 10.2 Å². The Labute approximate surface area is 148 Å². The van der Waals surface area contributed by atoms with Gasteiger partial charge in [-0.2, -0.15) is 0 Å². The van der Waals surface area contributed by atoms with Gasteiger partial charge in [0.2, 0.25) is 11.8 Å². The minimum absolute atomic E-state index is 0.0946. The standard InChI is InChI=1S/C19H28N2O2S/c1-18-3-2-16(22)21(18)15(10-24-18)17(23)20-11-19-7-12-4-13(8-19)6-14(5-12)9-19/h12-15H,2-11H2,1H3,(H,20,23). The van der Waals surface area contributed by atoms with Crippen molar-refractivity contribution < 1.29 is 9.59 Å². The minimum atomic E-state index is -0.246. The zero-order valence-electron chi connectivity index (χ0n) is 14.6. The summed E-state index contributed by atoms with van der Waals surface area (Å²) in [4.78, 5) is 26.8. The minimum Gasteiger partial charge on any atom is -0.354 e. The van der Waals surface area contributed by atoms with Crippen LogP contribution in [0.1, 0.15) is 58.3 Å². The van der Waals surface area contributed by atoms with Crippen molar-refractivity contribution in [3.8, 4) is 0 Å². The van der Waals surface area contributed by atoms with Gasteiger partial charge < -0.3 is 10.2 Å². The molecule has 4 nitrogen and oxygen atoms in total. The Kier molecular flexibility index (Phi) is 3.33. The van der Waals surface area contributed by atoms with Crippen LogP contribution in [0.4, 0.5) is 0 Å². The monoisotopic (exact) mass is 348 g/mol. The van der Waals surface area contributed by atoms with Gasteiger partial charge in [-0.15, -0.1) is 11.8 Å². The van der Waals surface area contributed by atoms with Crippen LogP contribution in [0.15, 0.2) is 0 Å². The van der Waals surface area contributed by atoms with Gasteiger partial charge in [-0.1, -0.05) is 0 Å². The first-order chi connectivity index (χ1) is 11.5. The van der Waals surface area contributed by atoms with Crippen LogP contribution in [-0.4, -0.2) is 39.9 Å². The molecule has 6 fully saturated rings. The quantitative estimate of drug-likeness (QED) is 0.853. The maximum absolute atomic E-state index is 12.9. The lowest BCUT2D eigenvalue weighted by Crippen LogP contribution is -2.55. The molecule has 0 aromatic carbocycles. The summed E-state index contributed by atoms with van der Waals surface area (Å²) in [6.07, 6.45) is 9.75. The molecule has 24 heavy (non-hydrogen) atoms. The molecular formula is C19H28N2O2S. The molecule has 0 aromatic heterocycles. The first-order valence-electron chi connectivity index (χ1n) is 9.70. The van der Waals surface area contributed by atoms with Crippen molar-refractivity contribution in [3.63, 3.8) is 0 Å². The fraction of sp³-hybridized carbons (Fsp3) is 0.895. The van der Waals surface area contributed by atoms with Crippen LogP contribution >= 0.6 is 11.8 Å². The van der Waals surface area contributed by atoms with E-state index in [1.54, 1.807) is 11.8 Å². The van der Waals surface area contributed by atoms with Crippen molar-refractivity contribution in [2.45, 2.75) is 69.2 Å². The number of nitrogens with zero attached hydrogens (tertiary/aromatic N) is 1. The highest BCUT2D eigenvalue weighted by Gasteiger charge is 2.54. The zero-order valence-corrected chi connectivity index (χ0v) is 15.4. The van der Waals surface area contributed by atoms with E-state index in [0.717, 1.165) is 36.5 Å². The van der Waals surface area contributed by atoms with Crippen molar-refractivity contribution in [2.75, 3.05) is 12.3 Å². The Balaban J connectivity index is 1.26. The molecule has 2 saturated heterocycles. The lowest BCUT2D eigenvalue weighted by atomic mass is 9.49. The van der Waals surface area contributed by atoms with Crippen LogP contribution in [0.2, 0.25) is 0 Å². The average molecular weight is 349 g/mol. The number of hydrogen-bond acceptors (Lipinski definition) is 3. The molecule has 0 spiro atoms. The molecule has 5 heteroatoms. The first kappa shape index (κ1) is 15.5. The van der Waals surface area contributed by atoms with Crippen LogP contribution in [0.5, 0.6) is 0 Å². The van der Waals surface area contributed by atoms with Crippen molar-refractivity contribution in [3.05, 3.63) is 0 Å². The largest absolute Gasteiger partial charge is 0.354 e. The van der Waals surface area contributed by atoms with E-state index in [1.807, 2.05) is 4.90 Å². The molecule has 2 aliphatic heterocycles. The first-order valence-corrected chi connectivity index (χ1v) is 10.7. The van der Waals surface area contributed by atoms with Gasteiger partial charge >= 0.3 is 0 Å². The van der Waals surface area contributed by atoms with Gasteiger partial charge in [0.05, 0.1) is 4.87 Å². The molecular weight excluding hydrogens is 320 g/mol. The van der Waals surface area contributed by atoms with Gasteiger partial charge in [-0.05, 0) is 75.0 Å². The summed E-state index contributed by atoms with van der Waals surface area (Å²) in [7, 11) is 0. The molecule has 2 unspecified atom stereocenters. The van der Waals surface area contributed by atoms with E-state index in [2.05, 4.69) is 12.2 Å². The highest BCUT2D eigenvalue weighted by molar-refractivity contribution is 8.01. The third-order valence-corrected chi connectivity index (χ3v) is 9.06. The number of carbonyl (C=O) groups is 2. The molecule has 0 radical (unpaired) electrons. The van der Waals surface area contributed by atoms with E-state index in [0.29, 0.717) is 11.8 Å². The van der Waals surface area contributed by atoms with E-state index in [9.17, 15) is 9.59 Å². The molecule has 4 bridgehead atoms. The normalized spacial score (nSPS) is 48.9. The molecule has 6 rings (SSSR count). The Hall–Kier alpha value is -0.710. The fourth-order valence-electron chi connectivity index (χ4n) is 6.91. The molecule has 6 aliphatic rings. The smallest absolute Gasteiger partial charge is 0.243 e. The number of hydrogen-bond donors (Lipinski definition) is 1. The SMILES string of the molecule is CC12CCC(=O)N1C(C(=O)NCC13CC4CC(CC(C4)C1)C3)CS2. The van der Waals surface area contributed by atoms with Crippen molar-refractivity contribution in [2.24, 2.45) is 23.2 Å². The van der Waals surface area contributed by atoms with E-state index in [1.165, 1.54) is 38.5 Å². The van der Waals surface area contributed by atoms with E-state index < -0.39 is 0 Å². The molecule has 4 saturated carbocycles. The van der Waals surface area contributed by atoms with Gasteiger partial charge in [0.25, 0.3) is 0 Å². The predicted octanol–water partition coefficient (Wildman–Crippen LogP) is 2.77. The number of carbonyl (C=O) groups excluding carboxylic acids is 2. The van der Waals surface area contributed by atoms with Gasteiger partial charge in [-0.3, -0.25) is 9.59 Å². The van der Waals surface area contributed by atoms with Crippen LogP contribution < -0.4 is 5.32 Å². The summed E-state index contributed by atoms with van der Waals surface area (Å²) in [6.45, 7) is 2.96. The van der Waals surface area contributed by atoms with E-state index >= 15 is 0 Å². The summed E-state index contributed by atoms with van der Waals surface area (Å²) < 4.78 is 0. The number of thioether (sulfide) groups is 1. The van der Waals surface area contributed by atoms with Crippen LogP contribution in [-0.2, 0) is 9.59 Å². The molecule has 2 amide bonds. The molecule has 1 N–H and O–H groups in total. The Morgan fingerprint density at radius 1 is 1.21 bits per heavy atom. The zero-order chi connectivity index (χ0) is 16.5. The number of amides is 2. The Morgan fingerprint density at radius 3 is 2.46 bits per heavy atom. The van der Waals surface area contributed by atoms with Gasteiger partial charge in [-0.25, -0.2) is 0 Å². The summed E-state index contributed by atoms with van der Waals surface area (Å²) >= 11 is 1.79. The van der Waals surface area contributed by atoms with Gasteiger partial charge in [0, 0.05) is 18.7 Å². The number of fused-ring (bicyclic) bond motifs is 1. The van der Waals surface area contributed by atoms with Crippen LogP contribution in [0, 0.1) is 23.2 Å². The van der Waals surface area contributed by atoms with E-state index in [-0.39, 0.29) is 22.7 Å². The summed E-state index contributed by atoms with van der Waals surface area (Å²) in [5.74, 6) is 3.76. The van der Waals surface area contributed by atoms with Crippen LogP contribution in [0.3, 0.4) is 0 Å². The topological polar surface area (TPSA) is 49.4 Å². The van der Waals surface area contributed by atoms with E-state index in [4.69, 9.17) is 0 Å². The van der Waals surface area contributed by atoms with Crippen molar-refractivity contribution in [1.29, 1.82) is 0 Å². The lowest BCUT2D eigenvalue weighted by Gasteiger charge is -2.57. The van der Waals surface area contributed by atoms with Crippen LogP contribution in [0.25, 0.3) is 0 Å². The fourth-order valence-corrected chi connectivity index (χ4v) is 8.35. The second-order valence-corrected chi connectivity index (χ2v) is 10.9. The third-order valence-electron chi connectivity index (χ3n) is 7.55.